The zero-order valence-electron chi connectivity index (χ0n) is 14.3. The van der Waals surface area contributed by atoms with E-state index >= 15 is 0 Å². The number of primary amides is 1. The van der Waals surface area contributed by atoms with Crippen LogP contribution in [0, 0.1) is 0 Å². The zero-order chi connectivity index (χ0) is 18.3. The van der Waals surface area contributed by atoms with Gasteiger partial charge in [0.05, 0.1) is 11.4 Å². The number of carbonyl (C=O) groups is 1. The lowest BCUT2D eigenvalue weighted by molar-refractivity contribution is 0.0994. The van der Waals surface area contributed by atoms with E-state index in [1.807, 2.05) is 24.4 Å². The highest BCUT2D eigenvalue weighted by Crippen LogP contribution is 2.32. The third-order valence-corrected chi connectivity index (χ3v) is 4.88. The normalized spacial score (nSPS) is 12.7. The van der Waals surface area contributed by atoms with Gasteiger partial charge in [-0.05, 0) is 36.6 Å². The molecule has 1 aliphatic rings. The van der Waals surface area contributed by atoms with Gasteiger partial charge in [-0.3, -0.25) is 4.79 Å². The largest absolute Gasteiger partial charge is 0.369 e. The average molecular weight is 368 g/mol. The minimum atomic E-state index is -0.498. The molecule has 0 radical (unpaired) electrons. The maximum atomic E-state index is 12.1. The number of aryl methyl sites for hydroxylation is 1. The van der Waals surface area contributed by atoms with Crippen LogP contribution in [0.4, 0.5) is 5.82 Å². The Bertz CT molecular complexity index is 1010. The third kappa shape index (κ3) is 2.72. The minimum absolute atomic E-state index is 0.398. The minimum Gasteiger partial charge on any atom is -0.369 e. The number of amides is 1. The van der Waals surface area contributed by atoms with Gasteiger partial charge in [0.1, 0.15) is 17.8 Å². The summed E-state index contributed by atoms with van der Waals surface area (Å²) in [5.41, 5.74) is 10.7. The van der Waals surface area contributed by atoms with Gasteiger partial charge >= 0.3 is 0 Å². The molecule has 0 saturated carbocycles. The molecular formula is C19H18ClN5O. The van der Waals surface area contributed by atoms with Crippen molar-refractivity contribution in [3.05, 3.63) is 58.6 Å². The van der Waals surface area contributed by atoms with Crippen LogP contribution >= 0.6 is 11.6 Å². The number of anilines is 1. The van der Waals surface area contributed by atoms with Crippen molar-refractivity contribution in [2.75, 3.05) is 11.9 Å². The van der Waals surface area contributed by atoms with E-state index in [0.29, 0.717) is 10.7 Å². The number of halogens is 1. The van der Waals surface area contributed by atoms with Gasteiger partial charge in [0.25, 0.3) is 5.91 Å². The van der Waals surface area contributed by atoms with E-state index in [2.05, 4.69) is 22.2 Å². The van der Waals surface area contributed by atoms with Crippen molar-refractivity contribution in [2.45, 2.75) is 19.8 Å². The maximum Gasteiger partial charge on any atom is 0.265 e. The second-order valence-corrected chi connectivity index (χ2v) is 6.64. The molecule has 3 aromatic rings. The summed E-state index contributed by atoms with van der Waals surface area (Å²) in [7, 11) is 0. The summed E-state index contributed by atoms with van der Waals surface area (Å²) in [4.78, 5) is 20.8. The first-order chi connectivity index (χ1) is 12.6. The predicted octanol–water partition coefficient (Wildman–Crippen LogP) is 3.22. The molecule has 0 atom stereocenters. The summed E-state index contributed by atoms with van der Waals surface area (Å²) >= 11 is 6.20. The molecule has 0 spiro atoms. The second-order valence-electron chi connectivity index (χ2n) is 6.20. The van der Waals surface area contributed by atoms with E-state index in [4.69, 9.17) is 17.3 Å². The van der Waals surface area contributed by atoms with Crippen LogP contribution in [0.15, 0.2) is 36.8 Å². The highest BCUT2D eigenvalue weighted by molar-refractivity contribution is 6.30. The smallest absolute Gasteiger partial charge is 0.265 e. The SMILES string of the molecule is CCc1ccc(Cl)cc1-n1cc(-c2ncnc3c2CCN3)cc1C(N)=O. The lowest BCUT2D eigenvalue weighted by Gasteiger charge is -2.12. The van der Waals surface area contributed by atoms with Crippen LogP contribution in [0.25, 0.3) is 16.9 Å². The van der Waals surface area contributed by atoms with Crippen molar-refractivity contribution in [3.8, 4) is 16.9 Å². The highest BCUT2D eigenvalue weighted by atomic mass is 35.5. The van der Waals surface area contributed by atoms with Crippen molar-refractivity contribution in [3.63, 3.8) is 0 Å². The zero-order valence-corrected chi connectivity index (χ0v) is 15.0. The monoisotopic (exact) mass is 367 g/mol. The Labute approximate surface area is 156 Å². The number of fused-ring (bicyclic) bond motifs is 1. The van der Waals surface area contributed by atoms with Crippen molar-refractivity contribution in [1.82, 2.24) is 14.5 Å². The molecule has 0 aliphatic carbocycles. The Hall–Kier alpha value is -2.86. The highest BCUT2D eigenvalue weighted by Gasteiger charge is 2.21. The number of nitrogens with zero attached hydrogens (tertiary/aromatic N) is 3. The van der Waals surface area contributed by atoms with Crippen LogP contribution in [0.1, 0.15) is 28.5 Å². The van der Waals surface area contributed by atoms with Crippen molar-refractivity contribution in [1.29, 1.82) is 0 Å². The fourth-order valence-corrected chi connectivity index (χ4v) is 3.56. The molecular weight excluding hydrogens is 350 g/mol. The number of hydrogen-bond acceptors (Lipinski definition) is 4. The summed E-state index contributed by atoms with van der Waals surface area (Å²) in [5.74, 6) is 0.350. The van der Waals surface area contributed by atoms with Crippen molar-refractivity contribution >= 4 is 23.3 Å². The standard InChI is InChI=1S/C19H18ClN5O/c1-2-11-3-4-13(20)8-15(11)25-9-12(7-16(25)18(21)26)17-14-5-6-22-19(14)24-10-23-17/h3-4,7-10H,2,5-6H2,1H3,(H2,21,26)(H,22,23,24). The molecule has 0 fully saturated rings. The molecule has 1 aliphatic heterocycles. The summed E-state index contributed by atoms with van der Waals surface area (Å²) < 4.78 is 1.80. The molecule has 1 aromatic carbocycles. The summed E-state index contributed by atoms with van der Waals surface area (Å²) in [6.07, 6.45) is 5.08. The Morgan fingerprint density at radius 3 is 2.96 bits per heavy atom. The van der Waals surface area contributed by atoms with Gasteiger partial charge in [0, 0.05) is 28.9 Å². The van der Waals surface area contributed by atoms with Crippen LogP contribution in [-0.4, -0.2) is 27.0 Å². The third-order valence-electron chi connectivity index (χ3n) is 4.65. The Morgan fingerprint density at radius 2 is 2.19 bits per heavy atom. The fourth-order valence-electron chi connectivity index (χ4n) is 3.40. The molecule has 0 saturated heterocycles. The summed E-state index contributed by atoms with van der Waals surface area (Å²) in [5, 5.41) is 3.85. The molecule has 3 N–H and O–H groups in total. The topological polar surface area (TPSA) is 85.8 Å². The maximum absolute atomic E-state index is 12.1. The molecule has 6 nitrogen and oxygen atoms in total. The van der Waals surface area contributed by atoms with E-state index in [9.17, 15) is 4.79 Å². The average Bonchev–Trinajstić information content (AvgIpc) is 3.28. The fraction of sp³-hybridized carbons (Fsp3) is 0.211. The van der Waals surface area contributed by atoms with E-state index in [0.717, 1.165) is 53.3 Å². The first-order valence-electron chi connectivity index (χ1n) is 8.47. The number of aromatic nitrogens is 3. The molecule has 0 bridgehead atoms. The molecule has 132 valence electrons. The lowest BCUT2D eigenvalue weighted by Crippen LogP contribution is -2.16. The van der Waals surface area contributed by atoms with Gasteiger partial charge < -0.3 is 15.6 Å². The summed E-state index contributed by atoms with van der Waals surface area (Å²) in [6.45, 7) is 2.89. The van der Waals surface area contributed by atoms with Gasteiger partial charge in [0.15, 0.2) is 0 Å². The lowest BCUT2D eigenvalue weighted by atomic mass is 10.1. The number of rotatable bonds is 4. The van der Waals surface area contributed by atoms with Crippen LogP contribution in [0.2, 0.25) is 5.02 Å². The van der Waals surface area contributed by atoms with Gasteiger partial charge in [-0.1, -0.05) is 24.6 Å². The molecule has 7 heteroatoms. The van der Waals surface area contributed by atoms with Crippen molar-refractivity contribution in [2.24, 2.45) is 5.73 Å². The van der Waals surface area contributed by atoms with E-state index < -0.39 is 5.91 Å². The molecule has 3 heterocycles. The van der Waals surface area contributed by atoms with Gasteiger partial charge in [-0.2, -0.15) is 0 Å². The molecule has 1 amide bonds. The Kier molecular flexibility index (Phi) is 4.12. The Morgan fingerprint density at radius 1 is 1.35 bits per heavy atom. The van der Waals surface area contributed by atoms with Gasteiger partial charge in [-0.25, -0.2) is 9.97 Å². The van der Waals surface area contributed by atoms with E-state index in [1.54, 1.807) is 10.6 Å². The van der Waals surface area contributed by atoms with E-state index in [1.165, 1.54) is 6.33 Å². The Balaban J connectivity index is 1.92. The van der Waals surface area contributed by atoms with Crippen LogP contribution in [0.3, 0.4) is 0 Å². The number of hydrogen-bond donors (Lipinski definition) is 2. The number of nitrogens with two attached hydrogens (primary N) is 1. The first-order valence-corrected chi connectivity index (χ1v) is 8.85. The van der Waals surface area contributed by atoms with Crippen molar-refractivity contribution < 1.29 is 4.79 Å². The summed E-state index contributed by atoms with van der Waals surface area (Å²) in [6, 6.07) is 7.45. The molecule has 26 heavy (non-hydrogen) atoms. The molecule has 2 aromatic heterocycles. The van der Waals surface area contributed by atoms with Gasteiger partial charge in [0.2, 0.25) is 0 Å². The first kappa shape index (κ1) is 16.6. The number of nitrogens with one attached hydrogen (secondary N) is 1. The van der Waals surface area contributed by atoms with Crippen LogP contribution in [-0.2, 0) is 12.8 Å². The van der Waals surface area contributed by atoms with Crippen LogP contribution < -0.4 is 11.1 Å². The number of carbonyl (C=O) groups excluding carboxylic acids is 1. The number of benzene rings is 1. The van der Waals surface area contributed by atoms with Crippen LogP contribution in [0.5, 0.6) is 0 Å². The predicted molar refractivity (Wildman–Crippen MR) is 102 cm³/mol. The molecule has 0 unspecified atom stereocenters. The quantitative estimate of drug-likeness (QED) is 0.741. The molecule has 4 rings (SSSR count). The van der Waals surface area contributed by atoms with E-state index in [-0.39, 0.29) is 0 Å². The van der Waals surface area contributed by atoms with Gasteiger partial charge in [-0.15, -0.1) is 0 Å². The second kappa shape index (κ2) is 6.46.